The van der Waals surface area contributed by atoms with E-state index in [-0.39, 0.29) is 6.42 Å². The van der Waals surface area contributed by atoms with Crippen molar-refractivity contribution in [1.82, 2.24) is 9.88 Å². The number of carbonyl (C=O) groups is 2. The largest absolute Gasteiger partial charge is 0.529 e. The molecule has 2 heterocycles. The second-order valence-corrected chi connectivity index (χ2v) is 5.69. The smallest absolute Gasteiger partial charge is 0.416 e. The Labute approximate surface area is 145 Å². The second-order valence-electron chi connectivity index (χ2n) is 5.69. The summed E-state index contributed by atoms with van der Waals surface area (Å²) in [5.41, 5.74) is 0.128. The fraction of sp³-hybridized carbons (Fsp3) is 0.235. The van der Waals surface area contributed by atoms with Crippen molar-refractivity contribution in [3.8, 4) is 0 Å². The first-order valence-electron chi connectivity index (χ1n) is 7.54. The van der Waals surface area contributed by atoms with Crippen LogP contribution in [0.1, 0.15) is 22.8 Å². The third kappa shape index (κ3) is 3.46. The van der Waals surface area contributed by atoms with E-state index in [2.05, 4.69) is 4.98 Å². The van der Waals surface area contributed by atoms with Crippen molar-refractivity contribution in [1.29, 1.82) is 0 Å². The molecule has 0 saturated carbocycles. The van der Waals surface area contributed by atoms with Gasteiger partial charge in [0.2, 0.25) is 0 Å². The molecule has 1 fully saturated rings. The summed E-state index contributed by atoms with van der Waals surface area (Å²) in [4.78, 5) is 27.5. The lowest BCUT2D eigenvalue weighted by Crippen LogP contribution is -2.47. The standard InChI is InChI=1S/C17H13F3N2O4/c18-17(19,20)12-3-1-10(2-4-12)9-13-14(11-5-7-21-8-6-11)26-16(25)22(13)15(23)24/h1-8,13-14H,9H2,(H,23,24)/p-1. The van der Waals surface area contributed by atoms with Crippen LogP contribution in [0.3, 0.4) is 0 Å². The van der Waals surface area contributed by atoms with Crippen molar-refractivity contribution in [2.75, 3.05) is 0 Å². The molecule has 1 aromatic carbocycles. The molecule has 0 spiro atoms. The molecule has 0 radical (unpaired) electrons. The SMILES string of the molecule is O=C([O-])N1C(=O)OC(c2ccncc2)C1Cc1ccc(C(F)(F)F)cc1. The van der Waals surface area contributed by atoms with Gasteiger partial charge in [-0.25, -0.2) is 4.79 Å². The Morgan fingerprint density at radius 2 is 1.77 bits per heavy atom. The molecular weight excluding hydrogens is 353 g/mol. The molecule has 9 heteroatoms. The molecule has 26 heavy (non-hydrogen) atoms. The van der Waals surface area contributed by atoms with Crippen molar-refractivity contribution in [3.63, 3.8) is 0 Å². The number of hydrogen-bond donors (Lipinski definition) is 0. The maximum atomic E-state index is 12.7. The number of pyridine rings is 1. The minimum Gasteiger partial charge on any atom is -0.529 e. The molecule has 2 amide bonds. The Balaban J connectivity index is 1.90. The van der Waals surface area contributed by atoms with E-state index in [9.17, 15) is 27.9 Å². The van der Waals surface area contributed by atoms with Crippen molar-refractivity contribution in [2.45, 2.75) is 24.7 Å². The second kappa shape index (κ2) is 6.66. The van der Waals surface area contributed by atoms with Gasteiger partial charge in [0.25, 0.3) is 0 Å². The molecule has 1 saturated heterocycles. The summed E-state index contributed by atoms with van der Waals surface area (Å²) in [6, 6.07) is 6.44. The van der Waals surface area contributed by atoms with Gasteiger partial charge in [-0.05, 0) is 41.8 Å². The van der Waals surface area contributed by atoms with Gasteiger partial charge in [-0.15, -0.1) is 0 Å². The van der Waals surface area contributed by atoms with Crippen LogP contribution in [0.25, 0.3) is 0 Å². The van der Waals surface area contributed by atoms with Crippen molar-refractivity contribution in [2.24, 2.45) is 0 Å². The molecule has 1 aliphatic rings. The van der Waals surface area contributed by atoms with Gasteiger partial charge in [0.1, 0.15) is 6.09 Å². The third-order valence-electron chi connectivity index (χ3n) is 4.06. The number of cyclic esters (lactones) is 1. The molecule has 0 bridgehead atoms. The van der Waals surface area contributed by atoms with Crippen LogP contribution in [0.5, 0.6) is 0 Å². The van der Waals surface area contributed by atoms with E-state index in [1.54, 1.807) is 12.1 Å². The highest BCUT2D eigenvalue weighted by Crippen LogP contribution is 2.35. The first-order valence-corrected chi connectivity index (χ1v) is 7.54. The number of aromatic nitrogens is 1. The van der Waals surface area contributed by atoms with Crippen molar-refractivity contribution < 1.29 is 32.6 Å². The predicted molar refractivity (Wildman–Crippen MR) is 79.6 cm³/mol. The van der Waals surface area contributed by atoms with Gasteiger partial charge in [-0.3, -0.25) is 9.88 Å². The molecular formula is C17H12F3N2O4-. The maximum Gasteiger partial charge on any atom is 0.416 e. The number of rotatable bonds is 3. The summed E-state index contributed by atoms with van der Waals surface area (Å²) in [6.07, 6.45) is -5.30. The van der Waals surface area contributed by atoms with E-state index in [0.717, 1.165) is 12.1 Å². The first-order chi connectivity index (χ1) is 12.3. The van der Waals surface area contributed by atoms with Crippen LogP contribution >= 0.6 is 0 Å². The fourth-order valence-electron chi connectivity index (χ4n) is 2.84. The Bertz CT molecular complexity index is 809. The molecule has 1 aromatic heterocycles. The van der Waals surface area contributed by atoms with E-state index in [4.69, 9.17) is 4.74 Å². The average molecular weight is 365 g/mol. The van der Waals surface area contributed by atoms with E-state index in [1.165, 1.54) is 24.5 Å². The molecule has 3 rings (SSSR count). The van der Waals surface area contributed by atoms with Gasteiger partial charge in [-0.1, -0.05) is 12.1 Å². The molecule has 1 aliphatic heterocycles. The van der Waals surface area contributed by atoms with Crippen LogP contribution in [0.4, 0.5) is 22.8 Å². The number of hydrogen-bond acceptors (Lipinski definition) is 5. The lowest BCUT2D eigenvalue weighted by Gasteiger charge is -2.25. The van der Waals surface area contributed by atoms with E-state index in [1.807, 2.05) is 0 Å². The zero-order valence-electron chi connectivity index (χ0n) is 13.1. The minimum absolute atomic E-state index is 0.0230. The molecule has 2 aromatic rings. The number of nitrogens with zero attached hydrogens (tertiary/aromatic N) is 2. The summed E-state index contributed by atoms with van der Waals surface area (Å²) >= 11 is 0. The van der Waals surface area contributed by atoms with Crippen molar-refractivity contribution >= 4 is 12.2 Å². The van der Waals surface area contributed by atoms with Gasteiger partial charge >= 0.3 is 12.3 Å². The van der Waals surface area contributed by atoms with Crippen molar-refractivity contribution in [3.05, 3.63) is 65.5 Å². The van der Waals surface area contributed by atoms with Crippen LogP contribution in [0, 0.1) is 0 Å². The fourth-order valence-corrected chi connectivity index (χ4v) is 2.84. The van der Waals surface area contributed by atoms with Crippen LogP contribution < -0.4 is 5.11 Å². The number of halogens is 3. The lowest BCUT2D eigenvalue weighted by atomic mass is 9.96. The van der Waals surface area contributed by atoms with E-state index < -0.39 is 36.1 Å². The molecule has 2 unspecified atom stereocenters. The van der Waals surface area contributed by atoms with E-state index in [0.29, 0.717) is 16.0 Å². The summed E-state index contributed by atoms with van der Waals surface area (Å²) in [6.45, 7) is 0. The highest BCUT2D eigenvalue weighted by molar-refractivity contribution is 5.88. The maximum absolute atomic E-state index is 12.7. The molecule has 6 nitrogen and oxygen atoms in total. The minimum atomic E-state index is -4.47. The van der Waals surface area contributed by atoms with Gasteiger partial charge in [0, 0.05) is 12.4 Å². The summed E-state index contributed by atoms with van der Waals surface area (Å²) in [5, 5.41) is 11.3. The van der Waals surface area contributed by atoms with Gasteiger partial charge in [-0.2, -0.15) is 13.2 Å². The Morgan fingerprint density at radius 1 is 1.15 bits per heavy atom. The Hall–Kier alpha value is -3.10. The number of benzene rings is 1. The van der Waals surface area contributed by atoms with Gasteiger partial charge in [0.15, 0.2) is 6.10 Å². The zero-order valence-corrected chi connectivity index (χ0v) is 13.1. The molecule has 0 N–H and O–H groups in total. The third-order valence-corrected chi connectivity index (χ3v) is 4.06. The highest BCUT2D eigenvalue weighted by atomic mass is 19.4. The lowest BCUT2D eigenvalue weighted by molar-refractivity contribution is -0.262. The quantitative estimate of drug-likeness (QED) is 0.835. The number of ether oxygens (including phenoxy) is 1. The van der Waals surface area contributed by atoms with Gasteiger partial charge in [0.05, 0.1) is 11.6 Å². The zero-order chi connectivity index (χ0) is 18.9. The van der Waals surface area contributed by atoms with Gasteiger partial charge < -0.3 is 14.6 Å². The predicted octanol–water partition coefficient (Wildman–Crippen LogP) is 2.55. The molecule has 2 atom stereocenters. The van der Waals surface area contributed by atoms with Crippen LogP contribution in [0.2, 0.25) is 0 Å². The van der Waals surface area contributed by atoms with Crippen LogP contribution in [-0.2, 0) is 17.3 Å². The van der Waals surface area contributed by atoms with E-state index >= 15 is 0 Å². The summed E-state index contributed by atoms with van der Waals surface area (Å²) in [5.74, 6) is 0. The highest BCUT2D eigenvalue weighted by Gasteiger charge is 2.43. The molecule has 0 aliphatic carbocycles. The first kappa shape index (κ1) is 17.7. The van der Waals surface area contributed by atoms with Crippen LogP contribution in [-0.4, -0.2) is 28.1 Å². The molecule has 136 valence electrons. The number of alkyl halides is 3. The topological polar surface area (TPSA) is 82.6 Å². The average Bonchev–Trinajstić information content (AvgIpc) is 2.91. The van der Waals surface area contributed by atoms with Crippen LogP contribution in [0.15, 0.2) is 48.8 Å². The Morgan fingerprint density at radius 3 is 2.31 bits per heavy atom. The Kier molecular flexibility index (Phi) is 4.54. The summed E-state index contributed by atoms with van der Waals surface area (Å²) < 4.78 is 43.1. The number of amides is 2. The summed E-state index contributed by atoms with van der Waals surface area (Å²) in [7, 11) is 0. The monoisotopic (exact) mass is 365 g/mol. The number of carboxylic acid groups (broad SMARTS) is 1. The number of carbonyl (C=O) groups excluding carboxylic acids is 2. The number of imide groups is 1. The normalized spacial score (nSPS) is 20.1.